The SMILES string of the molecule is CC(C)c1ccc2c(c1)CC[C@H]1[C@@](C)(Cc3c(-c4cccc([N+](=O)[O-])c4)ccc4[nH]c(-c5cccc(OCC(=O)O)c5)nc34)CCC[C@]21C. The first-order valence-electron chi connectivity index (χ1n) is 17.3. The quantitative estimate of drug-likeness (QED) is 0.120. The van der Waals surface area contributed by atoms with Crippen LogP contribution in [0.4, 0.5) is 5.69 Å². The smallest absolute Gasteiger partial charge is 0.341 e. The van der Waals surface area contributed by atoms with E-state index < -0.39 is 12.6 Å². The number of aromatic amines is 1. The van der Waals surface area contributed by atoms with Gasteiger partial charge in [-0.15, -0.1) is 0 Å². The molecule has 8 heteroatoms. The van der Waals surface area contributed by atoms with Crippen LogP contribution in [0.3, 0.4) is 0 Å². The Balaban J connectivity index is 1.34. The number of carbonyl (C=O) groups is 1. The molecular formula is C41H43N3O5. The Morgan fingerprint density at radius 1 is 1.04 bits per heavy atom. The van der Waals surface area contributed by atoms with Gasteiger partial charge in [-0.1, -0.05) is 82.6 Å². The number of imidazole rings is 1. The van der Waals surface area contributed by atoms with Crippen LogP contribution < -0.4 is 4.74 Å². The predicted octanol–water partition coefficient (Wildman–Crippen LogP) is 9.64. The van der Waals surface area contributed by atoms with Crippen molar-refractivity contribution in [3.05, 3.63) is 111 Å². The van der Waals surface area contributed by atoms with Gasteiger partial charge in [0.15, 0.2) is 6.61 Å². The molecule has 0 unspecified atom stereocenters. The molecule has 7 rings (SSSR count). The summed E-state index contributed by atoms with van der Waals surface area (Å²) in [6, 6.07) is 25.4. The molecule has 1 fully saturated rings. The standard InChI is InChI=1S/C41H43N3O5/c1-25(2)26-12-15-34-28(20-26)13-17-36-40(3,18-7-19-41(34,36)4)23-33-32(27-8-5-10-30(21-27)44(47)48)14-16-35-38(33)43-39(42-35)29-9-6-11-31(22-29)49-24-37(45)46/h5-6,8-12,14-16,20-22,25,36H,7,13,17-19,23-24H2,1-4H3,(H,42,43)(H,45,46)/t36-,40+,41+/m0/s1. The Bertz CT molecular complexity index is 2080. The summed E-state index contributed by atoms with van der Waals surface area (Å²) in [6.45, 7) is 9.03. The average Bonchev–Trinajstić information content (AvgIpc) is 3.52. The lowest BCUT2D eigenvalue weighted by Crippen LogP contribution is -2.50. The predicted molar refractivity (Wildman–Crippen MR) is 192 cm³/mol. The van der Waals surface area contributed by atoms with Crippen molar-refractivity contribution in [2.45, 2.75) is 77.6 Å². The Morgan fingerprint density at radius 2 is 1.84 bits per heavy atom. The van der Waals surface area contributed by atoms with E-state index in [0.29, 0.717) is 23.4 Å². The van der Waals surface area contributed by atoms with Crippen LogP contribution in [0.15, 0.2) is 78.9 Å². The second kappa shape index (κ2) is 12.5. The molecule has 2 aliphatic rings. The molecule has 1 heterocycles. The van der Waals surface area contributed by atoms with E-state index in [1.807, 2.05) is 24.3 Å². The molecule has 2 aliphatic carbocycles. The first-order valence-corrected chi connectivity index (χ1v) is 17.3. The highest BCUT2D eigenvalue weighted by molar-refractivity contribution is 5.89. The van der Waals surface area contributed by atoms with Gasteiger partial charge in [-0.2, -0.15) is 0 Å². The molecule has 0 aliphatic heterocycles. The summed E-state index contributed by atoms with van der Waals surface area (Å²) in [4.78, 5) is 31.3. The van der Waals surface area contributed by atoms with Crippen molar-refractivity contribution >= 4 is 22.7 Å². The number of benzene rings is 4. The lowest BCUT2D eigenvalue weighted by Gasteiger charge is -2.56. The van der Waals surface area contributed by atoms with E-state index in [0.717, 1.165) is 71.8 Å². The molecule has 2 N–H and O–H groups in total. The Hall–Kier alpha value is -4.98. The molecule has 0 saturated heterocycles. The zero-order valence-corrected chi connectivity index (χ0v) is 28.6. The number of nitro groups is 1. The van der Waals surface area contributed by atoms with Crippen LogP contribution in [0.1, 0.15) is 81.5 Å². The van der Waals surface area contributed by atoms with Crippen LogP contribution in [-0.2, 0) is 23.1 Å². The Morgan fingerprint density at radius 3 is 2.61 bits per heavy atom. The first-order chi connectivity index (χ1) is 23.4. The van der Waals surface area contributed by atoms with Crippen LogP contribution in [0.25, 0.3) is 33.5 Å². The van der Waals surface area contributed by atoms with Crippen molar-refractivity contribution < 1.29 is 19.6 Å². The molecule has 0 spiro atoms. The molecule has 4 aromatic carbocycles. The highest BCUT2D eigenvalue weighted by Crippen LogP contribution is 2.59. The second-order valence-electron chi connectivity index (χ2n) is 14.9. The summed E-state index contributed by atoms with van der Waals surface area (Å²) in [5.41, 5.74) is 9.86. The lowest BCUT2D eigenvalue weighted by molar-refractivity contribution is -0.384. The van der Waals surface area contributed by atoms with Crippen LogP contribution in [0.5, 0.6) is 5.75 Å². The van der Waals surface area contributed by atoms with Crippen molar-refractivity contribution in [1.82, 2.24) is 9.97 Å². The number of nitrogens with zero attached hydrogens (tertiary/aromatic N) is 2. The minimum absolute atomic E-state index is 0.0329. The fourth-order valence-electron chi connectivity index (χ4n) is 9.00. The zero-order valence-electron chi connectivity index (χ0n) is 28.6. The van der Waals surface area contributed by atoms with Gasteiger partial charge in [-0.25, -0.2) is 9.78 Å². The average molecular weight is 658 g/mol. The van der Waals surface area contributed by atoms with E-state index in [2.05, 4.69) is 56.9 Å². The van der Waals surface area contributed by atoms with Crippen molar-refractivity contribution in [1.29, 1.82) is 0 Å². The number of carboxylic acid groups (broad SMARTS) is 1. The largest absolute Gasteiger partial charge is 0.482 e. The van der Waals surface area contributed by atoms with Gasteiger partial charge in [0.1, 0.15) is 11.6 Å². The third kappa shape index (κ3) is 5.98. The van der Waals surface area contributed by atoms with Crippen molar-refractivity contribution in [2.75, 3.05) is 6.61 Å². The number of hydrogen-bond donors (Lipinski definition) is 2. The molecular weight excluding hydrogens is 614 g/mol. The van der Waals surface area contributed by atoms with Crippen molar-refractivity contribution in [3.63, 3.8) is 0 Å². The molecule has 0 amide bonds. The molecule has 252 valence electrons. The third-order valence-corrected chi connectivity index (χ3v) is 11.3. The van der Waals surface area contributed by atoms with Crippen LogP contribution in [0, 0.1) is 21.4 Å². The topological polar surface area (TPSA) is 118 Å². The highest BCUT2D eigenvalue weighted by Gasteiger charge is 2.52. The maximum absolute atomic E-state index is 11.8. The van der Waals surface area contributed by atoms with Gasteiger partial charge in [-0.05, 0) is 106 Å². The maximum atomic E-state index is 11.8. The van der Waals surface area contributed by atoms with Crippen LogP contribution >= 0.6 is 0 Å². The number of H-pyrrole nitrogens is 1. The number of aromatic nitrogens is 2. The van der Waals surface area contributed by atoms with E-state index in [9.17, 15) is 14.9 Å². The molecule has 49 heavy (non-hydrogen) atoms. The molecule has 0 bridgehead atoms. The highest BCUT2D eigenvalue weighted by atomic mass is 16.6. The maximum Gasteiger partial charge on any atom is 0.341 e. The molecule has 5 aromatic rings. The van der Waals surface area contributed by atoms with E-state index >= 15 is 0 Å². The number of rotatable bonds is 9. The van der Waals surface area contributed by atoms with Gasteiger partial charge >= 0.3 is 5.97 Å². The third-order valence-electron chi connectivity index (χ3n) is 11.3. The number of nitro benzene ring substituents is 1. The summed E-state index contributed by atoms with van der Waals surface area (Å²) in [5, 5.41) is 20.9. The Kier molecular flexibility index (Phi) is 8.29. The summed E-state index contributed by atoms with van der Waals surface area (Å²) in [5.74, 6) is 1.02. The van der Waals surface area contributed by atoms with E-state index in [4.69, 9.17) is 14.8 Å². The van der Waals surface area contributed by atoms with Crippen LogP contribution in [0.2, 0.25) is 0 Å². The monoisotopic (exact) mass is 657 g/mol. The van der Waals surface area contributed by atoms with E-state index in [1.165, 1.54) is 22.8 Å². The summed E-state index contributed by atoms with van der Waals surface area (Å²) >= 11 is 0. The van der Waals surface area contributed by atoms with Gasteiger partial charge in [0.05, 0.1) is 16.0 Å². The molecule has 0 radical (unpaired) electrons. The number of aliphatic carboxylic acids is 1. The van der Waals surface area contributed by atoms with Gasteiger partial charge in [0, 0.05) is 17.7 Å². The van der Waals surface area contributed by atoms with Gasteiger partial charge in [-0.3, -0.25) is 10.1 Å². The fourth-order valence-corrected chi connectivity index (χ4v) is 9.00. The number of carboxylic acids is 1. The molecule has 3 atom stereocenters. The van der Waals surface area contributed by atoms with Gasteiger partial charge in [0.2, 0.25) is 0 Å². The number of fused-ring (bicyclic) bond motifs is 4. The minimum Gasteiger partial charge on any atom is -0.482 e. The number of hydrogen-bond acceptors (Lipinski definition) is 5. The van der Waals surface area contributed by atoms with Crippen molar-refractivity contribution in [3.8, 4) is 28.3 Å². The van der Waals surface area contributed by atoms with E-state index in [-0.39, 0.29) is 21.4 Å². The normalized spacial score (nSPS) is 21.7. The summed E-state index contributed by atoms with van der Waals surface area (Å²) in [6.07, 6.45) is 6.37. The number of ether oxygens (including phenoxy) is 1. The summed E-state index contributed by atoms with van der Waals surface area (Å²) in [7, 11) is 0. The van der Waals surface area contributed by atoms with Crippen LogP contribution in [-0.4, -0.2) is 32.6 Å². The number of non-ortho nitro benzene ring substituents is 1. The fraction of sp³-hybridized carbons (Fsp3) is 0.366. The van der Waals surface area contributed by atoms with Crippen molar-refractivity contribution in [2.24, 2.45) is 11.3 Å². The minimum atomic E-state index is -1.04. The molecule has 1 aromatic heterocycles. The molecule has 8 nitrogen and oxygen atoms in total. The second-order valence-corrected chi connectivity index (χ2v) is 14.9. The number of aryl methyl sites for hydroxylation is 1. The van der Waals surface area contributed by atoms with Gasteiger partial charge < -0.3 is 14.8 Å². The summed E-state index contributed by atoms with van der Waals surface area (Å²) < 4.78 is 5.46. The zero-order chi connectivity index (χ0) is 34.5. The molecule has 1 saturated carbocycles. The number of nitrogens with one attached hydrogen (secondary N) is 1. The first kappa shape index (κ1) is 32.6. The lowest BCUT2D eigenvalue weighted by atomic mass is 9.48. The Labute approximate surface area is 286 Å². The van der Waals surface area contributed by atoms with Gasteiger partial charge in [0.25, 0.3) is 5.69 Å². The van der Waals surface area contributed by atoms with E-state index in [1.54, 1.807) is 24.3 Å².